The maximum Gasteiger partial charge on any atom is 0.309 e. The number of aliphatic hydroxyl groups is 1. The largest absolute Gasteiger partial charge is 0.463 e. The number of carbonyl (C=O) groups is 3. The van der Waals surface area contributed by atoms with Crippen LogP contribution in [0.4, 0.5) is 0 Å². The molecule has 232 valence electrons. The molecule has 0 saturated carbocycles. The summed E-state index contributed by atoms with van der Waals surface area (Å²) in [5.74, 6) is -2.00. The topological polar surface area (TPSA) is 114 Å². The minimum Gasteiger partial charge on any atom is -0.463 e. The SMILES string of the molecule is O=C(C[C@H]1CC=CC[C@@H](Cc2ccccc2)C(=O)OC[C@H](COCc2ccccc2)NC1=O)N[C@H](CO)Cc1ccccc1. The van der Waals surface area contributed by atoms with E-state index in [4.69, 9.17) is 9.47 Å². The number of ether oxygens (including phenoxy) is 2. The van der Waals surface area contributed by atoms with Crippen molar-refractivity contribution in [1.29, 1.82) is 0 Å². The number of allylic oxidation sites excluding steroid dienone is 2. The average molecular weight is 599 g/mol. The zero-order valence-electron chi connectivity index (χ0n) is 25.0. The Hall–Kier alpha value is -4.27. The highest BCUT2D eigenvalue weighted by molar-refractivity contribution is 5.86. The van der Waals surface area contributed by atoms with Gasteiger partial charge in [0.05, 0.1) is 43.7 Å². The van der Waals surface area contributed by atoms with Gasteiger partial charge in [0.25, 0.3) is 0 Å². The third kappa shape index (κ3) is 11.1. The van der Waals surface area contributed by atoms with E-state index in [-0.39, 0.29) is 49.9 Å². The first kappa shape index (κ1) is 32.6. The van der Waals surface area contributed by atoms with Crippen molar-refractivity contribution in [1.82, 2.24) is 10.6 Å². The maximum atomic E-state index is 13.5. The lowest BCUT2D eigenvalue weighted by atomic mass is 9.94. The molecule has 3 N–H and O–H groups in total. The fourth-order valence-corrected chi connectivity index (χ4v) is 5.18. The third-order valence-electron chi connectivity index (χ3n) is 7.58. The van der Waals surface area contributed by atoms with Crippen molar-refractivity contribution in [3.63, 3.8) is 0 Å². The smallest absolute Gasteiger partial charge is 0.309 e. The van der Waals surface area contributed by atoms with Crippen molar-refractivity contribution >= 4 is 17.8 Å². The molecule has 1 heterocycles. The van der Waals surface area contributed by atoms with Crippen LogP contribution >= 0.6 is 0 Å². The molecule has 0 saturated heterocycles. The summed E-state index contributed by atoms with van der Waals surface area (Å²) in [6.07, 6.45) is 5.49. The van der Waals surface area contributed by atoms with Crippen molar-refractivity contribution in [3.8, 4) is 0 Å². The third-order valence-corrected chi connectivity index (χ3v) is 7.58. The van der Waals surface area contributed by atoms with E-state index >= 15 is 0 Å². The van der Waals surface area contributed by atoms with Crippen molar-refractivity contribution < 1.29 is 29.0 Å². The van der Waals surface area contributed by atoms with Gasteiger partial charge in [0, 0.05) is 6.42 Å². The summed E-state index contributed by atoms with van der Waals surface area (Å²) in [4.78, 5) is 39.7. The Morgan fingerprint density at radius 1 is 0.864 bits per heavy atom. The molecule has 1 aliphatic rings. The number of hydrogen-bond acceptors (Lipinski definition) is 6. The van der Waals surface area contributed by atoms with Crippen LogP contribution in [0.3, 0.4) is 0 Å². The summed E-state index contributed by atoms with van der Waals surface area (Å²) < 4.78 is 11.6. The summed E-state index contributed by atoms with van der Waals surface area (Å²) in [5, 5.41) is 15.7. The van der Waals surface area contributed by atoms with Crippen molar-refractivity contribution in [2.75, 3.05) is 19.8 Å². The molecule has 0 bridgehead atoms. The lowest BCUT2D eigenvalue weighted by Crippen LogP contribution is -2.46. The molecule has 0 spiro atoms. The summed E-state index contributed by atoms with van der Waals surface area (Å²) in [5.41, 5.74) is 3.02. The second kappa shape index (κ2) is 17.8. The van der Waals surface area contributed by atoms with Crippen molar-refractivity contribution in [2.24, 2.45) is 11.8 Å². The molecule has 0 aliphatic carbocycles. The predicted molar refractivity (Wildman–Crippen MR) is 168 cm³/mol. The Morgan fingerprint density at radius 3 is 2.09 bits per heavy atom. The van der Waals surface area contributed by atoms with E-state index in [1.54, 1.807) is 0 Å². The minimum atomic E-state index is -0.651. The van der Waals surface area contributed by atoms with E-state index in [1.807, 2.05) is 103 Å². The first-order valence-corrected chi connectivity index (χ1v) is 15.2. The molecule has 3 aromatic carbocycles. The summed E-state index contributed by atoms with van der Waals surface area (Å²) in [7, 11) is 0. The molecular formula is C36H42N2O6. The molecule has 4 rings (SSSR count). The molecule has 8 heteroatoms. The van der Waals surface area contributed by atoms with Gasteiger partial charge in [0.2, 0.25) is 11.8 Å². The van der Waals surface area contributed by atoms with Gasteiger partial charge >= 0.3 is 5.97 Å². The molecular weight excluding hydrogens is 556 g/mol. The number of aliphatic hydroxyl groups excluding tert-OH is 1. The van der Waals surface area contributed by atoms with Crippen LogP contribution in [0.5, 0.6) is 0 Å². The van der Waals surface area contributed by atoms with E-state index in [1.165, 1.54) is 0 Å². The molecule has 0 aromatic heterocycles. The first-order chi connectivity index (χ1) is 21.5. The van der Waals surface area contributed by atoms with E-state index in [0.29, 0.717) is 32.3 Å². The van der Waals surface area contributed by atoms with Gasteiger partial charge in [-0.1, -0.05) is 103 Å². The van der Waals surface area contributed by atoms with Gasteiger partial charge in [-0.15, -0.1) is 0 Å². The van der Waals surface area contributed by atoms with E-state index in [9.17, 15) is 19.5 Å². The lowest BCUT2D eigenvalue weighted by molar-refractivity contribution is -0.150. The highest BCUT2D eigenvalue weighted by Gasteiger charge is 2.27. The Kier molecular flexibility index (Phi) is 13.2. The summed E-state index contributed by atoms with van der Waals surface area (Å²) in [6.45, 7) is 0.218. The van der Waals surface area contributed by atoms with Gasteiger partial charge < -0.3 is 25.2 Å². The maximum absolute atomic E-state index is 13.5. The molecule has 0 radical (unpaired) electrons. The molecule has 1 aliphatic heterocycles. The Bertz CT molecular complexity index is 1330. The van der Waals surface area contributed by atoms with Crippen LogP contribution in [-0.2, 0) is 43.3 Å². The van der Waals surface area contributed by atoms with Crippen LogP contribution < -0.4 is 10.6 Å². The lowest BCUT2D eigenvalue weighted by Gasteiger charge is -2.25. The molecule has 3 aromatic rings. The molecule has 0 unspecified atom stereocenters. The number of cyclic esters (lactones) is 1. The zero-order chi connectivity index (χ0) is 31.0. The monoisotopic (exact) mass is 598 g/mol. The molecule has 8 nitrogen and oxygen atoms in total. The molecule has 0 fully saturated rings. The summed E-state index contributed by atoms with van der Waals surface area (Å²) >= 11 is 0. The van der Waals surface area contributed by atoms with Crippen LogP contribution in [0, 0.1) is 11.8 Å². The van der Waals surface area contributed by atoms with Crippen LogP contribution in [0.15, 0.2) is 103 Å². The quantitative estimate of drug-likeness (QED) is 0.213. The number of hydrogen-bond donors (Lipinski definition) is 3. The number of benzene rings is 3. The average Bonchev–Trinajstić information content (AvgIpc) is 3.04. The standard InChI is InChI=1S/C36H42N2O6/c39-23-32(21-28-14-6-2-7-15-28)37-34(40)22-30-18-10-11-19-31(20-27-12-4-1-5-13-27)36(42)44-26-33(38-35(30)41)25-43-24-29-16-8-3-9-17-29/h1-17,30-33,39H,18-26H2,(H,37,40)(H,38,41)/t30-,31+,32+,33+/m1/s1. The van der Waals surface area contributed by atoms with Gasteiger partial charge in [-0.05, 0) is 42.4 Å². The summed E-state index contributed by atoms with van der Waals surface area (Å²) in [6, 6.07) is 28.0. The number of rotatable bonds is 12. The number of esters is 1. The van der Waals surface area contributed by atoms with Gasteiger partial charge in [0.1, 0.15) is 6.61 Å². The number of nitrogens with one attached hydrogen (secondary N) is 2. The zero-order valence-corrected chi connectivity index (χ0v) is 25.0. The van der Waals surface area contributed by atoms with Crippen LogP contribution in [-0.4, -0.2) is 54.8 Å². The van der Waals surface area contributed by atoms with Crippen LogP contribution in [0.25, 0.3) is 0 Å². The van der Waals surface area contributed by atoms with E-state index in [0.717, 1.165) is 16.7 Å². The molecule has 4 atom stereocenters. The van der Waals surface area contributed by atoms with Gasteiger partial charge in [-0.3, -0.25) is 14.4 Å². The van der Waals surface area contributed by atoms with Gasteiger partial charge in [-0.2, -0.15) is 0 Å². The number of amides is 2. The molecule has 44 heavy (non-hydrogen) atoms. The highest BCUT2D eigenvalue weighted by atomic mass is 16.5. The minimum absolute atomic E-state index is 0.0447. The van der Waals surface area contributed by atoms with Gasteiger partial charge in [-0.25, -0.2) is 0 Å². The van der Waals surface area contributed by atoms with Gasteiger partial charge in [0.15, 0.2) is 0 Å². The second-order valence-electron chi connectivity index (χ2n) is 11.2. The van der Waals surface area contributed by atoms with Crippen LogP contribution in [0.2, 0.25) is 0 Å². The van der Waals surface area contributed by atoms with E-state index in [2.05, 4.69) is 10.6 Å². The number of carbonyl (C=O) groups excluding carboxylic acids is 3. The second-order valence-corrected chi connectivity index (χ2v) is 11.2. The Balaban J connectivity index is 1.44. The Labute approximate surface area is 259 Å². The van der Waals surface area contributed by atoms with Crippen molar-refractivity contribution in [3.05, 3.63) is 120 Å². The molecule has 2 amide bonds. The Morgan fingerprint density at radius 2 is 1.45 bits per heavy atom. The predicted octanol–water partition coefficient (Wildman–Crippen LogP) is 4.17. The highest BCUT2D eigenvalue weighted by Crippen LogP contribution is 2.18. The van der Waals surface area contributed by atoms with Crippen LogP contribution in [0.1, 0.15) is 36.0 Å². The van der Waals surface area contributed by atoms with E-state index < -0.39 is 18.0 Å². The first-order valence-electron chi connectivity index (χ1n) is 15.2. The van der Waals surface area contributed by atoms with Crippen molar-refractivity contribution in [2.45, 2.75) is 50.8 Å². The fraction of sp³-hybridized carbons (Fsp3) is 0.361. The normalized spacial score (nSPS) is 20.0. The fourth-order valence-electron chi connectivity index (χ4n) is 5.18.